The number of nitrogens with two attached hydrogens (primary N) is 1. The third kappa shape index (κ3) is 2.28. The summed E-state index contributed by atoms with van der Waals surface area (Å²) in [7, 11) is 3.37. The molecule has 94 valence electrons. The number of hydrogen-bond acceptors (Lipinski definition) is 4. The third-order valence-corrected chi connectivity index (χ3v) is 2.62. The molecule has 0 aliphatic heterocycles. The fraction of sp³-hybridized carbons (Fsp3) is 0.182. The van der Waals surface area contributed by atoms with Crippen LogP contribution in [0, 0.1) is 0 Å². The normalized spacial score (nSPS) is 10.4. The van der Waals surface area contributed by atoms with Crippen LogP contribution in [0.15, 0.2) is 24.5 Å². The zero-order chi connectivity index (χ0) is 13.3. The number of nitrogens with zero attached hydrogens (tertiary/aromatic N) is 4. The maximum Gasteiger partial charge on any atom is 0.254 e. The lowest BCUT2D eigenvalue weighted by molar-refractivity contribution is 0.0827. The van der Waals surface area contributed by atoms with Crippen molar-refractivity contribution in [2.45, 2.75) is 0 Å². The first-order valence-electron chi connectivity index (χ1n) is 5.18. The van der Waals surface area contributed by atoms with Gasteiger partial charge in [0.2, 0.25) is 0 Å². The third-order valence-electron chi connectivity index (χ3n) is 2.33. The SMILES string of the molecule is CN(C)C(=O)c1ccc(-n2cc(Cl)c(N)n2)nc1. The van der Waals surface area contributed by atoms with Crippen molar-refractivity contribution in [2.75, 3.05) is 19.8 Å². The van der Waals surface area contributed by atoms with Crippen molar-refractivity contribution in [3.05, 3.63) is 35.1 Å². The molecule has 0 spiro atoms. The Kier molecular flexibility index (Phi) is 3.20. The average molecular weight is 266 g/mol. The van der Waals surface area contributed by atoms with Gasteiger partial charge in [0.25, 0.3) is 5.91 Å². The lowest BCUT2D eigenvalue weighted by Gasteiger charge is -2.09. The number of carbonyl (C=O) groups excluding carboxylic acids is 1. The molecule has 0 bridgehead atoms. The Morgan fingerprint density at radius 2 is 2.17 bits per heavy atom. The highest BCUT2D eigenvalue weighted by molar-refractivity contribution is 6.32. The molecule has 0 aromatic carbocycles. The first kappa shape index (κ1) is 12.4. The first-order chi connectivity index (χ1) is 8.49. The number of pyridine rings is 1. The smallest absolute Gasteiger partial charge is 0.254 e. The minimum absolute atomic E-state index is 0.105. The molecule has 0 saturated heterocycles. The molecule has 2 aromatic heterocycles. The van der Waals surface area contributed by atoms with Crippen LogP contribution in [0.1, 0.15) is 10.4 Å². The van der Waals surface area contributed by atoms with Gasteiger partial charge in [-0.05, 0) is 12.1 Å². The van der Waals surface area contributed by atoms with Crippen LogP contribution in [0.3, 0.4) is 0 Å². The largest absolute Gasteiger partial charge is 0.381 e. The van der Waals surface area contributed by atoms with Crippen molar-refractivity contribution in [3.8, 4) is 5.82 Å². The highest BCUT2D eigenvalue weighted by Crippen LogP contribution is 2.17. The number of hydrogen-bond donors (Lipinski definition) is 1. The number of carbonyl (C=O) groups is 1. The Labute approximate surface area is 109 Å². The minimum Gasteiger partial charge on any atom is -0.381 e. The Hall–Kier alpha value is -2.08. The molecule has 2 N–H and O–H groups in total. The standard InChI is InChI=1S/C11H12ClN5O/c1-16(2)11(18)7-3-4-9(14-5-7)17-6-8(12)10(13)15-17/h3-6H,1-2H3,(H2,13,15). The monoisotopic (exact) mass is 265 g/mol. The van der Waals surface area contributed by atoms with Gasteiger partial charge in [-0.25, -0.2) is 9.67 Å². The van der Waals surface area contributed by atoms with E-state index in [1.165, 1.54) is 15.8 Å². The number of nitrogen functional groups attached to an aromatic ring is 1. The van der Waals surface area contributed by atoms with E-state index in [1.54, 1.807) is 32.4 Å². The highest BCUT2D eigenvalue weighted by Gasteiger charge is 2.10. The van der Waals surface area contributed by atoms with E-state index in [2.05, 4.69) is 10.1 Å². The van der Waals surface area contributed by atoms with Crippen LogP contribution < -0.4 is 5.73 Å². The summed E-state index contributed by atoms with van der Waals surface area (Å²) in [4.78, 5) is 17.3. The maximum absolute atomic E-state index is 11.7. The van der Waals surface area contributed by atoms with Gasteiger partial charge >= 0.3 is 0 Å². The number of anilines is 1. The second kappa shape index (κ2) is 4.66. The lowest BCUT2D eigenvalue weighted by atomic mass is 10.2. The summed E-state index contributed by atoms with van der Waals surface area (Å²) in [5.41, 5.74) is 6.05. The van der Waals surface area contributed by atoms with Crippen LogP contribution in [-0.2, 0) is 0 Å². The van der Waals surface area contributed by atoms with E-state index in [4.69, 9.17) is 17.3 Å². The molecular formula is C11H12ClN5O. The number of rotatable bonds is 2. The summed E-state index contributed by atoms with van der Waals surface area (Å²) in [6.07, 6.45) is 3.05. The second-order valence-corrected chi connectivity index (χ2v) is 4.32. The predicted molar refractivity (Wildman–Crippen MR) is 68.8 cm³/mol. The molecule has 1 amide bonds. The van der Waals surface area contributed by atoms with Crippen molar-refractivity contribution >= 4 is 23.3 Å². The van der Waals surface area contributed by atoms with E-state index in [9.17, 15) is 4.79 Å². The van der Waals surface area contributed by atoms with Crippen molar-refractivity contribution < 1.29 is 4.79 Å². The molecule has 0 unspecified atom stereocenters. The minimum atomic E-state index is -0.105. The molecule has 6 nitrogen and oxygen atoms in total. The molecular weight excluding hydrogens is 254 g/mol. The van der Waals surface area contributed by atoms with E-state index in [-0.39, 0.29) is 11.7 Å². The molecule has 2 rings (SSSR count). The molecule has 18 heavy (non-hydrogen) atoms. The van der Waals surface area contributed by atoms with Gasteiger partial charge in [-0.1, -0.05) is 11.6 Å². The molecule has 7 heteroatoms. The van der Waals surface area contributed by atoms with Gasteiger partial charge in [0.05, 0.1) is 11.8 Å². The van der Waals surface area contributed by atoms with E-state index in [1.807, 2.05) is 0 Å². The topological polar surface area (TPSA) is 77.0 Å². The zero-order valence-corrected chi connectivity index (χ0v) is 10.7. The van der Waals surface area contributed by atoms with E-state index >= 15 is 0 Å². The molecule has 0 radical (unpaired) electrons. The van der Waals surface area contributed by atoms with Crippen molar-refractivity contribution in [3.63, 3.8) is 0 Å². The van der Waals surface area contributed by atoms with Crippen LogP contribution in [0.4, 0.5) is 5.82 Å². The van der Waals surface area contributed by atoms with Gasteiger partial charge in [0.1, 0.15) is 5.02 Å². The molecule has 0 aliphatic rings. The summed E-state index contributed by atoms with van der Waals surface area (Å²) < 4.78 is 1.46. The number of aromatic nitrogens is 3. The molecule has 2 aromatic rings. The number of halogens is 1. The Morgan fingerprint density at radius 1 is 1.44 bits per heavy atom. The van der Waals surface area contributed by atoms with Crippen LogP contribution in [-0.4, -0.2) is 39.7 Å². The van der Waals surface area contributed by atoms with E-state index in [0.29, 0.717) is 16.4 Å². The summed E-state index contributed by atoms with van der Waals surface area (Å²) in [6, 6.07) is 3.36. The van der Waals surface area contributed by atoms with Crippen molar-refractivity contribution in [1.82, 2.24) is 19.7 Å². The van der Waals surface area contributed by atoms with Gasteiger partial charge in [0, 0.05) is 20.3 Å². The van der Waals surface area contributed by atoms with Gasteiger partial charge < -0.3 is 10.6 Å². The lowest BCUT2D eigenvalue weighted by Crippen LogP contribution is -2.21. The van der Waals surface area contributed by atoms with Crippen LogP contribution in [0.5, 0.6) is 0 Å². The van der Waals surface area contributed by atoms with Crippen LogP contribution >= 0.6 is 11.6 Å². The summed E-state index contributed by atoms with van der Waals surface area (Å²) >= 11 is 5.81. The summed E-state index contributed by atoms with van der Waals surface area (Å²) in [5, 5.41) is 4.36. The van der Waals surface area contributed by atoms with E-state index < -0.39 is 0 Å². The summed E-state index contributed by atoms with van der Waals surface area (Å²) in [5.74, 6) is 0.683. The molecule has 0 atom stereocenters. The van der Waals surface area contributed by atoms with Crippen LogP contribution in [0.2, 0.25) is 5.02 Å². The quantitative estimate of drug-likeness (QED) is 0.885. The fourth-order valence-corrected chi connectivity index (χ4v) is 1.52. The van der Waals surface area contributed by atoms with Gasteiger partial charge in [0.15, 0.2) is 11.6 Å². The highest BCUT2D eigenvalue weighted by atomic mass is 35.5. The molecule has 0 aliphatic carbocycles. The summed E-state index contributed by atoms with van der Waals surface area (Å²) in [6.45, 7) is 0. The maximum atomic E-state index is 11.7. The van der Waals surface area contributed by atoms with Gasteiger partial charge in [-0.2, -0.15) is 0 Å². The Balaban J connectivity index is 2.30. The van der Waals surface area contributed by atoms with E-state index in [0.717, 1.165) is 0 Å². The Bertz CT molecular complexity index is 556. The number of amides is 1. The molecule has 0 saturated carbocycles. The zero-order valence-electron chi connectivity index (χ0n) is 9.96. The van der Waals surface area contributed by atoms with Crippen LogP contribution in [0.25, 0.3) is 5.82 Å². The Morgan fingerprint density at radius 3 is 2.61 bits per heavy atom. The fourth-order valence-electron chi connectivity index (χ4n) is 1.39. The van der Waals surface area contributed by atoms with Crippen molar-refractivity contribution in [2.24, 2.45) is 0 Å². The average Bonchev–Trinajstić information content (AvgIpc) is 2.69. The predicted octanol–water partition coefficient (Wildman–Crippen LogP) is 1.20. The van der Waals surface area contributed by atoms with Gasteiger partial charge in [-0.3, -0.25) is 4.79 Å². The van der Waals surface area contributed by atoms with Gasteiger partial charge in [-0.15, -0.1) is 5.10 Å². The molecule has 2 heterocycles. The first-order valence-corrected chi connectivity index (χ1v) is 5.55. The van der Waals surface area contributed by atoms with Crippen molar-refractivity contribution in [1.29, 1.82) is 0 Å². The second-order valence-electron chi connectivity index (χ2n) is 3.91. The molecule has 0 fully saturated rings.